The number of thiophene rings is 1. The zero-order chi connectivity index (χ0) is 19.1. The predicted octanol–water partition coefficient (Wildman–Crippen LogP) is 4.94. The fraction of sp³-hybridized carbons (Fsp3) is 0.375. The minimum Gasteiger partial charge on any atom is -0.326 e. The maximum Gasteiger partial charge on any atom is 0.173 e. The first-order valence-electron chi connectivity index (χ1n) is 10.3. The first kappa shape index (κ1) is 18.0. The first-order valence-corrected chi connectivity index (χ1v) is 11.1. The van der Waals surface area contributed by atoms with Gasteiger partial charge in [-0.25, -0.2) is 0 Å². The van der Waals surface area contributed by atoms with Gasteiger partial charge < -0.3 is 10.6 Å². The molecular formula is C24H26N2OS. The molecule has 2 aromatic carbocycles. The molecule has 0 radical (unpaired) electrons. The fourth-order valence-corrected chi connectivity index (χ4v) is 6.17. The van der Waals surface area contributed by atoms with Crippen molar-refractivity contribution >= 4 is 27.2 Å². The van der Waals surface area contributed by atoms with Crippen molar-refractivity contribution in [3.8, 4) is 11.1 Å². The van der Waals surface area contributed by atoms with Gasteiger partial charge in [0.2, 0.25) is 0 Å². The van der Waals surface area contributed by atoms with Crippen LogP contribution in [0.2, 0.25) is 0 Å². The molecule has 4 heterocycles. The van der Waals surface area contributed by atoms with Gasteiger partial charge >= 0.3 is 0 Å². The molecule has 28 heavy (non-hydrogen) atoms. The van der Waals surface area contributed by atoms with E-state index in [0.29, 0.717) is 24.7 Å². The predicted molar refractivity (Wildman–Crippen MR) is 117 cm³/mol. The second-order valence-corrected chi connectivity index (χ2v) is 9.27. The SMILES string of the molecule is NCc1ccccc1-c1cccc2cc(C(=O)C[C@H]3CN4CCC3CC4)sc12. The maximum atomic E-state index is 13.1. The molecule has 0 unspecified atom stereocenters. The number of hydrogen-bond acceptors (Lipinski definition) is 4. The summed E-state index contributed by atoms with van der Waals surface area (Å²) in [5, 5.41) is 1.16. The van der Waals surface area contributed by atoms with Crippen molar-refractivity contribution in [1.82, 2.24) is 4.90 Å². The number of nitrogens with two attached hydrogens (primary N) is 1. The van der Waals surface area contributed by atoms with Gasteiger partial charge in [-0.3, -0.25) is 4.79 Å². The van der Waals surface area contributed by atoms with Gasteiger partial charge in [0, 0.05) is 24.2 Å². The topological polar surface area (TPSA) is 46.3 Å². The van der Waals surface area contributed by atoms with Gasteiger partial charge in [0.15, 0.2) is 5.78 Å². The van der Waals surface area contributed by atoms with E-state index in [9.17, 15) is 4.79 Å². The molecule has 3 saturated heterocycles. The van der Waals surface area contributed by atoms with Crippen molar-refractivity contribution in [3.05, 3.63) is 59.0 Å². The number of carbonyl (C=O) groups excluding carboxylic acids is 1. The number of Topliss-reactive ketones (excluding diaryl/α,β-unsaturated/α-hetero) is 1. The van der Waals surface area contributed by atoms with E-state index in [1.807, 2.05) is 6.07 Å². The number of benzene rings is 2. The number of rotatable bonds is 5. The Morgan fingerprint density at radius 1 is 1.07 bits per heavy atom. The minimum absolute atomic E-state index is 0.318. The molecule has 0 amide bonds. The Hall–Kier alpha value is -2.01. The van der Waals surface area contributed by atoms with E-state index in [-0.39, 0.29) is 0 Å². The van der Waals surface area contributed by atoms with E-state index in [1.165, 1.54) is 41.8 Å². The van der Waals surface area contributed by atoms with Crippen LogP contribution >= 0.6 is 11.3 Å². The van der Waals surface area contributed by atoms with Crippen LogP contribution in [0.15, 0.2) is 48.5 Å². The summed E-state index contributed by atoms with van der Waals surface area (Å²) in [7, 11) is 0. The molecule has 0 aliphatic carbocycles. The molecule has 0 saturated carbocycles. The van der Waals surface area contributed by atoms with E-state index in [4.69, 9.17) is 5.73 Å². The summed E-state index contributed by atoms with van der Waals surface area (Å²) in [5.41, 5.74) is 9.47. The van der Waals surface area contributed by atoms with Crippen LogP contribution in [0.3, 0.4) is 0 Å². The Labute approximate surface area is 170 Å². The lowest BCUT2D eigenvalue weighted by molar-refractivity contribution is 0.0442. The first-order chi connectivity index (χ1) is 13.7. The van der Waals surface area contributed by atoms with Crippen molar-refractivity contribution in [2.45, 2.75) is 25.8 Å². The van der Waals surface area contributed by atoms with Crippen LogP contribution in [0, 0.1) is 11.8 Å². The molecule has 3 fully saturated rings. The number of nitrogens with zero attached hydrogens (tertiary/aromatic N) is 1. The monoisotopic (exact) mass is 390 g/mol. The molecule has 6 rings (SSSR count). The molecule has 2 bridgehead atoms. The summed E-state index contributed by atoms with van der Waals surface area (Å²) in [4.78, 5) is 16.5. The zero-order valence-corrected chi connectivity index (χ0v) is 16.9. The van der Waals surface area contributed by atoms with Crippen molar-refractivity contribution in [3.63, 3.8) is 0 Å². The van der Waals surface area contributed by atoms with Crippen LogP contribution in [0.1, 0.15) is 34.5 Å². The summed E-state index contributed by atoms with van der Waals surface area (Å²) >= 11 is 1.65. The van der Waals surface area contributed by atoms with Crippen LogP contribution in [0.25, 0.3) is 21.2 Å². The Balaban J connectivity index is 1.46. The fourth-order valence-electron chi connectivity index (χ4n) is 5.03. The smallest absolute Gasteiger partial charge is 0.173 e. The molecule has 1 aromatic heterocycles. The van der Waals surface area contributed by atoms with Crippen molar-refractivity contribution in [1.29, 1.82) is 0 Å². The molecule has 3 aromatic rings. The third-order valence-corrected chi connectivity index (χ3v) is 7.81. The minimum atomic E-state index is 0.318. The van der Waals surface area contributed by atoms with Crippen LogP contribution in [0.5, 0.6) is 0 Å². The molecule has 3 aliphatic heterocycles. The molecule has 0 spiro atoms. The van der Waals surface area contributed by atoms with E-state index < -0.39 is 0 Å². The zero-order valence-electron chi connectivity index (χ0n) is 16.1. The van der Waals surface area contributed by atoms with Crippen molar-refractivity contribution in [2.24, 2.45) is 17.6 Å². The standard InChI is InChI=1S/C24H26N2OS/c25-14-18-4-1-2-6-20(18)21-7-3-5-17-13-23(28-24(17)21)22(27)12-19-15-26-10-8-16(19)9-11-26/h1-7,13,16,19H,8-12,14-15,25H2/t19-/m0/s1. The summed E-state index contributed by atoms with van der Waals surface area (Å²) in [6, 6.07) is 16.7. The Bertz CT molecular complexity index is 1020. The van der Waals surface area contributed by atoms with Gasteiger partial charge in [0.05, 0.1) is 4.88 Å². The van der Waals surface area contributed by atoms with Gasteiger partial charge in [-0.1, -0.05) is 42.5 Å². The number of fused-ring (bicyclic) bond motifs is 4. The molecule has 4 heteroatoms. The van der Waals surface area contributed by atoms with Crippen LogP contribution in [-0.4, -0.2) is 30.3 Å². The van der Waals surface area contributed by atoms with Crippen molar-refractivity contribution < 1.29 is 4.79 Å². The number of hydrogen-bond donors (Lipinski definition) is 1. The highest BCUT2D eigenvalue weighted by Gasteiger charge is 2.35. The van der Waals surface area contributed by atoms with Gasteiger partial charge in [-0.15, -0.1) is 11.3 Å². The highest BCUT2D eigenvalue weighted by Crippen LogP contribution is 2.39. The molecule has 144 valence electrons. The Kier molecular flexibility index (Phi) is 4.79. The molecular weight excluding hydrogens is 364 g/mol. The lowest BCUT2D eigenvalue weighted by Gasteiger charge is -2.44. The number of piperidine rings is 3. The van der Waals surface area contributed by atoms with E-state index in [0.717, 1.165) is 28.3 Å². The van der Waals surface area contributed by atoms with Crippen LogP contribution in [-0.2, 0) is 6.54 Å². The van der Waals surface area contributed by atoms with Gasteiger partial charge in [-0.2, -0.15) is 0 Å². The van der Waals surface area contributed by atoms with Crippen LogP contribution in [0.4, 0.5) is 0 Å². The number of carbonyl (C=O) groups is 1. The summed E-state index contributed by atoms with van der Waals surface area (Å²) in [6.45, 7) is 4.07. The summed E-state index contributed by atoms with van der Waals surface area (Å²) < 4.78 is 1.20. The third kappa shape index (κ3) is 3.20. The quantitative estimate of drug-likeness (QED) is 0.628. The van der Waals surface area contributed by atoms with Gasteiger partial charge in [-0.05, 0) is 65.9 Å². The Morgan fingerprint density at radius 3 is 2.61 bits per heavy atom. The molecule has 2 N–H and O–H groups in total. The molecule has 1 atom stereocenters. The Morgan fingerprint density at radius 2 is 1.86 bits per heavy atom. The highest BCUT2D eigenvalue weighted by atomic mass is 32.1. The number of ketones is 1. The largest absolute Gasteiger partial charge is 0.326 e. The molecule has 3 nitrogen and oxygen atoms in total. The lowest BCUT2D eigenvalue weighted by Crippen LogP contribution is -2.47. The van der Waals surface area contributed by atoms with E-state index >= 15 is 0 Å². The summed E-state index contributed by atoms with van der Waals surface area (Å²) in [6.07, 6.45) is 3.23. The average Bonchev–Trinajstić information content (AvgIpc) is 3.19. The van der Waals surface area contributed by atoms with E-state index in [2.05, 4.69) is 47.4 Å². The third-order valence-electron chi connectivity index (χ3n) is 6.59. The van der Waals surface area contributed by atoms with Crippen LogP contribution < -0.4 is 5.73 Å². The summed E-state index contributed by atoms with van der Waals surface area (Å²) in [5.74, 6) is 1.60. The second-order valence-electron chi connectivity index (χ2n) is 8.22. The van der Waals surface area contributed by atoms with Gasteiger partial charge in [0.1, 0.15) is 0 Å². The normalized spacial score (nSPS) is 24.0. The van der Waals surface area contributed by atoms with E-state index in [1.54, 1.807) is 11.3 Å². The second kappa shape index (κ2) is 7.43. The average molecular weight is 391 g/mol. The lowest BCUT2D eigenvalue weighted by atomic mass is 9.76. The molecule has 3 aliphatic rings. The van der Waals surface area contributed by atoms with Gasteiger partial charge in [0.25, 0.3) is 0 Å². The highest BCUT2D eigenvalue weighted by molar-refractivity contribution is 7.21. The van der Waals surface area contributed by atoms with Crippen molar-refractivity contribution in [2.75, 3.05) is 19.6 Å². The maximum absolute atomic E-state index is 13.1.